The fraction of sp³-hybridized carbons (Fsp3) is 0.438. The minimum Gasteiger partial charge on any atom is -0.462 e. The van der Waals surface area contributed by atoms with E-state index < -0.39 is 0 Å². The largest absolute Gasteiger partial charge is 0.462 e. The van der Waals surface area contributed by atoms with Gasteiger partial charge in [0.2, 0.25) is 5.91 Å². The number of carbonyl (C=O) groups excluding carboxylic acids is 1. The zero-order chi connectivity index (χ0) is 28.3. The van der Waals surface area contributed by atoms with Crippen molar-refractivity contribution < 1.29 is 9.53 Å². The van der Waals surface area contributed by atoms with Crippen molar-refractivity contribution in [1.29, 1.82) is 5.26 Å². The highest BCUT2D eigenvalue weighted by atomic mass is 32.1. The van der Waals surface area contributed by atoms with E-state index >= 15 is 0 Å². The maximum atomic E-state index is 12.5. The van der Waals surface area contributed by atoms with E-state index in [0.29, 0.717) is 44.8 Å². The summed E-state index contributed by atoms with van der Waals surface area (Å²) in [6.07, 6.45) is 4.68. The molecule has 1 unspecified atom stereocenters. The molecule has 0 aliphatic carbocycles. The predicted molar refractivity (Wildman–Crippen MR) is 170 cm³/mol. The number of carbonyl (C=O) groups is 1. The number of nitriles is 1. The highest BCUT2D eigenvalue weighted by Crippen LogP contribution is 2.35. The van der Waals surface area contributed by atoms with Crippen LogP contribution in [0.4, 0.5) is 11.5 Å². The van der Waals surface area contributed by atoms with Crippen LogP contribution in [-0.4, -0.2) is 84.1 Å². The van der Waals surface area contributed by atoms with Crippen molar-refractivity contribution in [3.05, 3.63) is 66.4 Å². The van der Waals surface area contributed by atoms with E-state index in [9.17, 15) is 10.1 Å². The first-order valence-corrected chi connectivity index (χ1v) is 14.6. The molecular formula is C32H39N7O2S. The van der Waals surface area contributed by atoms with Gasteiger partial charge in [-0.3, -0.25) is 4.79 Å². The molecule has 0 N–H and O–H groups in total. The summed E-state index contributed by atoms with van der Waals surface area (Å²) in [5.41, 5.74) is 3.31. The summed E-state index contributed by atoms with van der Waals surface area (Å²) in [5, 5.41) is 12.0. The van der Waals surface area contributed by atoms with Crippen LogP contribution in [0.25, 0.3) is 10.8 Å². The van der Waals surface area contributed by atoms with Gasteiger partial charge in [-0.1, -0.05) is 43.0 Å². The van der Waals surface area contributed by atoms with E-state index in [1.807, 2.05) is 0 Å². The number of anilines is 2. The van der Waals surface area contributed by atoms with Crippen LogP contribution in [-0.2, 0) is 17.8 Å². The fourth-order valence-corrected chi connectivity index (χ4v) is 6.50. The van der Waals surface area contributed by atoms with Crippen molar-refractivity contribution in [3.63, 3.8) is 0 Å². The summed E-state index contributed by atoms with van der Waals surface area (Å²) >= 11 is 0. The van der Waals surface area contributed by atoms with Crippen LogP contribution in [0.2, 0.25) is 0 Å². The summed E-state index contributed by atoms with van der Waals surface area (Å²) in [4.78, 5) is 31.2. The van der Waals surface area contributed by atoms with E-state index in [-0.39, 0.29) is 31.9 Å². The van der Waals surface area contributed by atoms with Crippen molar-refractivity contribution in [2.45, 2.75) is 44.3 Å². The molecule has 1 aromatic heterocycles. The van der Waals surface area contributed by atoms with Crippen molar-refractivity contribution in [1.82, 2.24) is 19.8 Å². The van der Waals surface area contributed by atoms with E-state index in [4.69, 9.17) is 14.7 Å². The Kier molecular flexibility index (Phi) is 9.19. The molecule has 0 bridgehead atoms. The number of likely N-dealkylation sites (N-methyl/N-ethyl adjacent to an activating group) is 1. The third-order valence-electron chi connectivity index (χ3n) is 8.77. The maximum Gasteiger partial charge on any atom is 0.318 e. The number of nitrogens with zero attached hydrogens (tertiary/aromatic N) is 7. The molecular weight excluding hydrogens is 546 g/mol. The smallest absolute Gasteiger partial charge is 0.318 e. The molecule has 3 aliphatic rings. The lowest BCUT2D eigenvalue weighted by atomic mass is 10.0. The number of fused-ring (bicyclic) bond motifs is 2. The molecule has 4 heterocycles. The number of hydrogen-bond donors (Lipinski definition) is 0. The summed E-state index contributed by atoms with van der Waals surface area (Å²) in [7, 11) is 2.14. The number of benzene rings is 2. The summed E-state index contributed by atoms with van der Waals surface area (Å²) in [6, 6.07) is 17.7. The number of likely N-dealkylation sites (tertiary alicyclic amines) is 1. The highest BCUT2D eigenvalue weighted by molar-refractivity contribution is 7.59. The minimum atomic E-state index is -0.225. The topological polar surface area (TPSA) is 88.8 Å². The SMILES string of the molecule is C=CC(=O)N1CCN(c2nc(OC[C@@H]3CCCN3C)nc3c2CCN(c2cccc4ccccc24)C3)CC1CC#N.S. The molecule has 2 atom stereocenters. The fourth-order valence-electron chi connectivity index (χ4n) is 6.50. The first-order valence-electron chi connectivity index (χ1n) is 14.6. The van der Waals surface area contributed by atoms with Crippen LogP contribution in [0.3, 0.4) is 0 Å². The number of piperazine rings is 1. The van der Waals surface area contributed by atoms with Crippen LogP contribution < -0.4 is 14.5 Å². The molecule has 2 fully saturated rings. The van der Waals surface area contributed by atoms with Gasteiger partial charge in [0.25, 0.3) is 0 Å². The second kappa shape index (κ2) is 13.0. The van der Waals surface area contributed by atoms with E-state index in [1.165, 1.54) is 29.0 Å². The molecule has 2 saturated heterocycles. The average Bonchev–Trinajstić information content (AvgIpc) is 3.43. The molecule has 42 heavy (non-hydrogen) atoms. The number of hydrogen-bond acceptors (Lipinski definition) is 8. The van der Waals surface area contributed by atoms with Crippen molar-refractivity contribution >= 4 is 41.7 Å². The van der Waals surface area contributed by atoms with Crippen LogP contribution >= 0.6 is 13.5 Å². The Morgan fingerprint density at radius 2 is 1.93 bits per heavy atom. The molecule has 220 valence electrons. The van der Waals surface area contributed by atoms with Gasteiger partial charge in [0.15, 0.2) is 0 Å². The van der Waals surface area contributed by atoms with Gasteiger partial charge in [-0.15, -0.1) is 0 Å². The summed E-state index contributed by atoms with van der Waals surface area (Å²) in [5.74, 6) is 0.737. The lowest BCUT2D eigenvalue weighted by Crippen LogP contribution is -2.55. The number of rotatable bonds is 7. The minimum absolute atomic E-state index is 0. The normalized spacial score (nSPS) is 20.5. The van der Waals surface area contributed by atoms with Gasteiger partial charge >= 0.3 is 6.01 Å². The molecule has 2 aromatic carbocycles. The van der Waals surface area contributed by atoms with Crippen molar-refractivity contribution in [2.24, 2.45) is 0 Å². The molecule has 0 saturated carbocycles. The number of amides is 1. The zero-order valence-corrected chi connectivity index (χ0v) is 25.2. The first kappa shape index (κ1) is 29.7. The van der Waals surface area contributed by atoms with Gasteiger partial charge in [-0.2, -0.15) is 28.7 Å². The van der Waals surface area contributed by atoms with E-state index in [0.717, 1.165) is 43.0 Å². The second-order valence-corrected chi connectivity index (χ2v) is 11.2. The van der Waals surface area contributed by atoms with Crippen molar-refractivity contribution in [3.8, 4) is 12.1 Å². The van der Waals surface area contributed by atoms with Crippen LogP contribution in [0.15, 0.2) is 55.1 Å². The van der Waals surface area contributed by atoms with Gasteiger partial charge in [-0.05, 0) is 50.4 Å². The van der Waals surface area contributed by atoms with Crippen LogP contribution in [0.5, 0.6) is 6.01 Å². The molecule has 1 amide bonds. The summed E-state index contributed by atoms with van der Waals surface area (Å²) in [6.45, 7) is 8.48. The molecule has 3 aromatic rings. The van der Waals surface area contributed by atoms with Crippen molar-refractivity contribution in [2.75, 3.05) is 56.2 Å². The first-order chi connectivity index (χ1) is 20.1. The molecule has 6 rings (SSSR count). The summed E-state index contributed by atoms with van der Waals surface area (Å²) < 4.78 is 6.28. The maximum absolute atomic E-state index is 12.5. The lowest BCUT2D eigenvalue weighted by Gasteiger charge is -2.42. The lowest BCUT2D eigenvalue weighted by molar-refractivity contribution is -0.128. The third-order valence-corrected chi connectivity index (χ3v) is 8.77. The Hall–Kier alpha value is -3.81. The standard InChI is InChI=1S/C32H37N7O2.H2S/c1-3-30(40)39-19-18-38(20-24(39)13-15-33)31-27-14-17-37(29-12-6-9-23-8-4-5-11-26(23)29)21-28(27)34-32(35-31)41-22-25-10-7-16-36(25)2;/h3-6,8-9,11-12,24-25H,1,7,10,13-14,16-22H2,2H3;1H2/t24?,25-;/m0./s1. The molecule has 9 nitrogen and oxygen atoms in total. The van der Waals surface area contributed by atoms with Gasteiger partial charge in [0.1, 0.15) is 12.4 Å². The van der Waals surface area contributed by atoms with Gasteiger partial charge in [-0.25, -0.2) is 0 Å². The molecule has 3 aliphatic heterocycles. The Labute approximate surface area is 254 Å². The Balaban J connectivity index is 0.00000353. The van der Waals surface area contributed by atoms with E-state index in [2.05, 4.69) is 76.9 Å². The molecule has 10 heteroatoms. The van der Waals surface area contributed by atoms with Gasteiger partial charge in [0, 0.05) is 48.9 Å². The average molecular weight is 586 g/mol. The Morgan fingerprint density at radius 1 is 1.10 bits per heavy atom. The van der Waals surface area contributed by atoms with Gasteiger partial charge < -0.3 is 24.3 Å². The van der Waals surface area contributed by atoms with Crippen LogP contribution in [0.1, 0.15) is 30.5 Å². The number of aromatic nitrogens is 2. The third kappa shape index (κ3) is 5.90. The quantitative estimate of drug-likeness (QED) is 0.386. The molecule has 0 spiro atoms. The van der Waals surface area contributed by atoms with Crippen LogP contribution in [0, 0.1) is 11.3 Å². The monoisotopic (exact) mass is 585 g/mol. The predicted octanol–water partition coefficient (Wildman–Crippen LogP) is 3.90. The number of ether oxygens (including phenoxy) is 1. The van der Waals surface area contributed by atoms with E-state index in [1.54, 1.807) is 4.90 Å². The highest BCUT2D eigenvalue weighted by Gasteiger charge is 2.33. The zero-order valence-electron chi connectivity index (χ0n) is 24.2. The molecule has 0 radical (unpaired) electrons. The van der Waals surface area contributed by atoms with Gasteiger partial charge in [0.05, 0.1) is 30.8 Å². The second-order valence-electron chi connectivity index (χ2n) is 11.2. The Morgan fingerprint density at radius 3 is 2.71 bits per heavy atom. The Bertz CT molecular complexity index is 1490.